The Morgan fingerprint density at radius 1 is 1.10 bits per heavy atom. The fourth-order valence-corrected chi connectivity index (χ4v) is 3.37. The lowest BCUT2D eigenvalue weighted by Crippen LogP contribution is -2.38. The van der Waals surface area contributed by atoms with Gasteiger partial charge in [0.1, 0.15) is 12.4 Å². The van der Waals surface area contributed by atoms with Crippen molar-refractivity contribution in [3.63, 3.8) is 0 Å². The summed E-state index contributed by atoms with van der Waals surface area (Å²) >= 11 is 0. The van der Waals surface area contributed by atoms with Crippen molar-refractivity contribution in [1.82, 2.24) is 15.4 Å². The van der Waals surface area contributed by atoms with E-state index in [1.807, 2.05) is 30.3 Å². The standard InChI is InChI=1S/C22H20N4O4/c27-21(25-29)16-8-9-17-13-26(22(28)24-18-7-4-10-23-12-18)19(14-30-20(17)11-16)15-5-2-1-3-6-15/h1-12,19,29H,13-14H2,(H,24,28)(H,25,27). The number of anilines is 1. The van der Waals surface area contributed by atoms with E-state index in [0.29, 0.717) is 11.4 Å². The molecule has 3 aromatic rings. The highest BCUT2D eigenvalue weighted by atomic mass is 16.5. The van der Waals surface area contributed by atoms with Gasteiger partial charge >= 0.3 is 6.03 Å². The van der Waals surface area contributed by atoms with Gasteiger partial charge in [-0.2, -0.15) is 0 Å². The van der Waals surface area contributed by atoms with Crippen molar-refractivity contribution < 1.29 is 19.5 Å². The van der Waals surface area contributed by atoms with Gasteiger partial charge in [0.05, 0.1) is 24.5 Å². The fraction of sp³-hybridized carbons (Fsp3) is 0.136. The zero-order chi connectivity index (χ0) is 20.9. The molecule has 8 heteroatoms. The number of ether oxygens (including phenoxy) is 1. The lowest BCUT2D eigenvalue weighted by Gasteiger charge is -2.29. The Bertz CT molecular complexity index is 1040. The van der Waals surface area contributed by atoms with Gasteiger partial charge in [0, 0.05) is 17.3 Å². The molecule has 4 rings (SSSR count). The van der Waals surface area contributed by atoms with Crippen LogP contribution in [0.15, 0.2) is 73.1 Å². The van der Waals surface area contributed by atoms with E-state index in [0.717, 1.165) is 11.1 Å². The third-order valence-corrected chi connectivity index (χ3v) is 4.90. The van der Waals surface area contributed by atoms with Crippen molar-refractivity contribution in [3.05, 3.63) is 89.7 Å². The van der Waals surface area contributed by atoms with Gasteiger partial charge < -0.3 is 15.0 Å². The molecule has 3 amide bonds. The van der Waals surface area contributed by atoms with Crippen LogP contribution < -0.4 is 15.5 Å². The highest BCUT2D eigenvalue weighted by Gasteiger charge is 2.30. The molecule has 152 valence electrons. The minimum atomic E-state index is -0.628. The highest BCUT2D eigenvalue weighted by molar-refractivity contribution is 5.94. The van der Waals surface area contributed by atoms with Crippen molar-refractivity contribution in [2.24, 2.45) is 0 Å². The molecular formula is C22H20N4O4. The van der Waals surface area contributed by atoms with Crippen molar-refractivity contribution in [3.8, 4) is 5.75 Å². The second kappa shape index (κ2) is 8.62. The van der Waals surface area contributed by atoms with Crippen molar-refractivity contribution >= 4 is 17.6 Å². The Morgan fingerprint density at radius 2 is 1.93 bits per heavy atom. The predicted molar refractivity (Wildman–Crippen MR) is 109 cm³/mol. The van der Waals surface area contributed by atoms with Crippen LogP contribution in [0.1, 0.15) is 27.5 Å². The number of rotatable bonds is 3. The number of nitrogens with one attached hydrogen (secondary N) is 2. The van der Waals surface area contributed by atoms with Gasteiger partial charge in [-0.15, -0.1) is 0 Å². The van der Waals surface area contributed by atoms with Gasteiger partial charge in [-0.25, -0.2) is 10.3 Å². The molecule has 0 aliphatic carbocycles. The highest BCUT2D eigenvalue weighted by Crippen LogP contribution is 2.32. The number of nitrogens with zero attached hydrogens (tertiary/aromatic N) is 2. The molecule has 0 radical (unpaired) electrons. The Balaban J connectivity index is 1.67. The maximum Gasteiger partial charge on any atom is 0.322 e. The number of amides is 3. The van der Waals surface area contributed by atoms with Crippen molar-refractivity contribution in [1.29, 1.82) is 0 Å². The van der Waals surface area contributed by atoms with E-state index < -0.39 is 5.91 Å². The molecule has 1 aliphatic heterocycles. The number of carbonyl (C=O) groups is 2. The summed E-state index contributed by atoms with van der Waals surface area (Å²) in [6, 6.07) is 17.4. The van der Waals surface area contributed by atoms with Crippen LogP contribution in [-0.4, -0.2) is 33.6 Å². The number of urea groups is 1. The fourth-order valence-electron chi connectivity index (χ4n) is 3.37. The van der Waals surface area contributed by atoms with E-state index in [-0.39, 0.29) is 30.8 Å². The molecule has 1 atom stereocenters. The molecule has 30 heavy (non-hydrogen) atoms. The topological polar surface area (TPSA) is 104 Å². The summed E-state index contributed by atoms with van der Waals surface area (Å²) in [5.41, 5.74) is 4.16. The summed E-state index contributed by atoms with van der Waals surface area (Å²) in [5.74, 6) is -0.134. The van der Waals surface area contributed by atoms with Crippen LogP contribution >= 0.6 is 0 Å². The Hall–Kier alpha value is -3.91. The molecule has 2 aromatic carbocycles. The van der Waals surface area contributed by atoms with Gasteiger partial charge in [-0.3, -0.25) is 15.0 Å². The number of hydrogen-bond donors (Lipinski definition) is 3. The third-order valence-electron chi connectivity index (χ3n) is 4.90. The monoisotopic (exact) mass is 404 g/mol. The molecule has 1 unspecified atom stereocenters. The lowest BCUT2D eigenvalue weighted by molar-refractivity contribution is 0.0706. The van der Waals surface area contributed by atoms with E-state index in [1.54, 1.807) is 53.1 Å². The smallest absolute Gasteiger partial charge is 0.322 e. The summed E-state index contributed by atoms with van der Waals surface area (Å²) < 4.78 is 5.99. The number of benzene rings is 2. The van der Waals surface area contributed by atoms with Crippen molar-refractivity contribution in [2.75, 3.05) is 11.9 Å². The quantitative estimate of drug-likeness (QED) is 0.459. The zero-order valence-electron chi connectivity index (χ0n) is 16.0. The molecule has 0 saturated heterocycles. The largest absolute Gasteiger partial charge is 0.491 e. The second-order valence-corrected chi connectivity index (χ2v) is 6.80. The predicted octanol–water partition coefficient (Wildman–Crippen LogP) is 3.37. The van der Waals surface area contributed by atoms with E-state index in [4.69, 9.17) is 9.94 Å². The number of carbonyl (C=O) groups excluding carboxylic acids is 2. The molecule has 0 fully saturated rings. The van der Waals surface area contributed by atoms with Gasteiger partial charge in [0.25, 0.3) is 5.91 Å². The van der Waals surface area contributed by atoms with Gasteiger partial charge in [-0.1, -0.05) is 36.4 Å². The Kier molecular flexibility index (Phi) is 5.58. The Morgan fingerprint density at radius 3 is 2.67 bits per heavy atom. The first kappa shape index (κ1) is 19.4. The van der Waals surface area contributed by atoms with Crippen LogP contribution in [0, 0.1) is 0 Å². The SMILES string of the molecule is O=C(NO)c1ccc2c(c1)OCC(c1ccccc1)N(C(=O)Nc1cccnc1)C2. The normalized spacial score (nSPS) is 15.4. The minimum absolute atomic E-state index is 0.210. The van der Waals surface area contributed by atoms with E-state index in [9.17, 15) is 9.59 Å². The summed E-state index contributed by atoms with van der Waals surface area (Å²) in [5, 5.41) is 11.8. The summed E-state index contributed by atoms with van der Waals surface area (Å²) in [4.78, 5) is 30.6. The maximum absolute atomic E-state index is 13.2. The van der Waals surface area contributed by atoms with Crippen LogP contribution in [0.5, 0.6) is 5.75 Å². The van der Waals surface area contributed by atoms with Gasteiger partial charge in [-0.05, 0) is 29.8 Å². The molecule has 2 heterocycles. The second-order valence-electron chi connectivity index (χ2n) is 6.80. The molecule has 0 saturated carbocycles. The molecular weight excluding hydrogens is 384 g/mol. The molecule has 0 spiro atoms. The number of aromatic nitrogens is 1. The van der Waals surface area contributed by atoms with Crippen LogP contribution in [0.4, 0.5) is 10.5 Å². The average molecular weight is 404 g/mol. The van der Waals surface area contributed by atoms with Crippen molar-refractivity contribution in [2.45, 2.75) is 12.6 Å². The van der Waals surface area contributed by atoms with Gasteiger partial charge in [0.2, 0.25) is 0 Å². The van der Waals surface area contributed by atoms with E-state index in [2.05, 4.69) is 10.3 Å². The lowest BCUT2D eigenvalue weighted by atomic mass is 10.1. The first-order valence-electron chi connectivity index (χ1n) is 9.38. The molecule has 1 aromatic heterocycles. The summed E-state index contributed by atoms with van der Waals surface area (Å²) in [7, 11) is 0. The van der Waals surface area contributed by atoms with E-state index >= 15 is 0 Å². The zero-order valence-corrected chi connectivity index (χ0v) is 16.0. The Labute approximate surface area is 173 Å². The molecule has 1 aliphatic rings. The number of pyridine rings is 1. The number of fused-ring (bicyclic) bond motifs is 1. The summed E-state index contributed by atoms with van der Waals surface area (Å²) in [6.45, 7) is 0.490. The first-order chi connectivity index (χ1) is 14.7. The number of hydroxylamine groups is 1. The third kappa shape index (κ3) is 4.08. The molecule has 3 N–H and O–H groups in total. The van der Waals surface area contributed by atoms with Crippen LogP contribution in [-0.2, 0) is 6.54 Å². The summed E-state index contributed by atoms with van der Waals surface area (Å²) in [6.07, 6.45) is 3.22. The van der Waals surface area contributed by atoms with Gasteiger partial charge in [0.15, 0.2) is 0 Å². The van der Waals surface area contributed by atoms with Crippen LogP contribution in [0.3, 0.4) is 0 Å². The maximum atomic E-state index is 13.2. The average Bonchev–Trinajstić information content (AvgIpc) is 2.99. The minimum Gasteiger partial charge on any atom is -0.491 e. The van der Waals surface area contributed by atoms with Crippen LogP contribution in [0.2, 0.25) is 0 Å². The van der Waals surface area contributed by atoms with E-state index in [1.165, 1.54) is 0 Å². The molecule has 8 nitrogen and oxygen atoms in total. The molecule has 0 bridgehead atoms. The first-order valence-corrected chi connectivity index (χ1v) is 9.38. The number of hydrogen-bond acceptors (Lipinski definition) is 5. The van der Waals surface area contributed by atoms with Crippen LogP contribution in [0.25, 0.3) is 0 Å².